The first-order valence-corrected chi connectivity index (χ1v) is 9.30. The Hall–Kier alpha value is -2.87. The van der Waals surface area contributed by atoms with Gasteiger partial charge in [0.05, 0.1) is 16.6 Å². The SMILES string of the molecule is O=C(O)CC1Sc2ccc([N+](=O)[O-])cc2CN(CCc2ccccc2)C1=O. The molecule has 0 aromatic heterocycles. The average Bonchev–Trinajstić information content (AvgIpc) is 2.77. The first kappa shape index (κ1) is 18.9. The minimum Gasteiger partial charge on any atom is -0.481 e. The molecule has 0 aliphatic carbocycles. The van der Waals surface area contributed by atoms with Gasteiger partial charge < -0.3 is 10.0 Å². The van der Waals surface area contributed by atoms with Gasteiger partial charge in [0.15, 0.2) is 0 Å². The van der Waals surface area contributed by atoms with E-state index < -0.39 is 16.1 Å². The summed E-state index contributed by atoms with van der Waals surface area (Å²) < 4.78 is 0. The molecule has 0 fully saturated rings. The second-order valence-electron chi connectivity index (χ2n) is 6.25. The van der Waals surface area contributed by atoms with Crippen LogP contribution in [0.15, 0.2) is 53.4 Å². The van der Waals surface area contributed by atoms with Crippen molar-refractivity contribution in [3.63, 3.8) is 0 Å². The van der Waals surface area contributed by atoms with Crippen LogP contribution in [-0.4, -0.2) is 38.6 Å². The maximum Gasteiger partial charge on any atom is 0.305 e. The zero-order valence-corrected chi connectivity index (χ0v) is 15.2. The third kappa shape index (κ3) is 4.65. The van der Waals surface area contributed by atoms with Crippen molar-refractivity contribution >= 4 is 29.3 Å². The number of carboxylic acids is 1. The third-order valence-corrected chi connectivity index (χ3v) is 5.65. The van der Waals surface area contributed by atoms with Gasteiger partial charge in [-0.05, 0) is 23.6 Å². The van der Waals surface area contributed by atoms with E-state index in [1.165, 1.54) is 23.9 Å². The Morgan fingerprint density at radius 3 is 2.67 bits per heavy atom. The molecule has 1 amide bonds. The van der Waals surface area contributed by atoms with E-state index in [1.807, 2.05) is 30.3 Å². The van der Waals surface area contributed by atoms with E-state index in [0.29, 0.717) is 23.4 Å². The maximum absolute atomic E-state index is 12.9. The van der Waals surface area contributed by atoms with Gasteiger partial charge in [-0.15, -0.1) is 11.8 Å². The van der Waals surface area contributed by atoms with Crippen LogP contribution in [0.2, 0.25) is 0 Å². The number of hydrogen-bond acceptors (Lipinski definition) is 5. The van der Waals surface area contributed by atoms with Crippen LogP contribution in [0, 0.1) is 10.1 Å². The predicted octanol–water partition coefficient (Wildman–Crippen LogP) is 3.12. The van der Waals surface area contributed by atoms with E-state index in [9.17, 15) is 19.7 Å². The highest BCUT2D eigenvalue weighted by Crippen LogP contribution is 2.36. The number of carbonyl (C=O) groups excluding carboxylic acids is 1. The maximum atomic E-state index is 12.9. The number of amides is 1. The monoisotopic (exact) mass is 386 g/mol. The van der Waals surface area contributed by atoms with Crippen molar-refractivity contribution in [3.05, 3.63) is 69.8 Å². The van der Waals surface area contributed by atoms with Crippen molar-refractivity contribution in [2.24, 2.45) is 0 Å². The van der Waals surface area contributed by atoms with Crippen LogP contribution in [0.3, 0.4) is 0 Å². The molecule has 8 heteroatoms. The lowest BCUT2D eigenvalue weighted by Gasteiger charge is -2.23. The molecule has 140 valence electrons. The third-order valence-electron chi connectivity index (χ3n) is 4.35. The number of benzene rings is 2. The number of carbonyl (C=O) groups is 2. The van der Waals surface area contributed by atoms with Gasteiger partial charge in [0.2, 0.25) is 5.91 Å². The summed E-state index contributed by atoms with van der Waals surface area (Å²) in [7, 11) is 0. The molecular formula is C19H18N2O5S. The molecule has 1 N–H and O–H groups in total. The van der Waals surface area contributed by atoms with Crippen LogP contribution in [0.4, 0.5) is 5.69 Å². The molecule has 3 rings (SSSR count). The molecule has 1 heterocycles. The quantitative estimate of drug-likeness (QED) is 0.605. The summed E-state index contributed by atoms with van der Waals surface area (Å²) in [5.74, 6) is -1.30. The van der Waals surface area contributed by atoms with Crippen LogP contribution >= 0.6 is 11.8 Å². The standard InChI is InChI=1S/C19H18N2O5S/c22-18(23)11-17-19(24)20(9-8-13-4-2-1-3-5-13)12-14-10-15(21(25)26)6-7-16(14)27-17/h1-7,10,17H,8-9,11-12H2,(H,22,23). The Morgan fingerprint density at radius 2 is 2.00 bits per heavy atom. The fourth-order valence-corrected chi connectivity index (χ4v) is 4.20. The van der Waals surface area contributed by atoms with E-state index in [2.05, 4.69) is 0 Å². The minimum absolute atomic E-state index is 0.0403. The first-order chi connectivity index (χ1) is 12.9. The Balaban J connectivity index is 1.88. The van der Waals surface area contributed by atoms with Gasteiger partial charge in [0.25, 0.3) is 5.69 Å². The van der Waals surface area contributed by atoms with Gasteiger partial charge in [-0.25, -0.2) is 0 Å². The molecule has 1 aliphatic rings. The highest BCUT2D eigenvalue weighted by Gasteiger charge is 2.32. The molecule has 0 bridgehead atoms. The molecule has 7 nitrogen and oxygen atoms in total. The highest BCUT2D eigenvalue weighted by atomic mass is 32.2. The van der Waals surface area contributed by atoms with Crippen LogP contribution in [0.1, 0.15) is 17.5 Å². The van der Waals surface area contributed by atoms with Crippen molar-refractivity contribution < 1.29 is 19.6 Å². The van der Waals surface area contributed by atoms with Crippen molar-refractivity contribution in [2.75, 3.05) is 6.54 Å². The Bertz CT molecular complexity index is 872. The fraction of sp³-hybridized carbons (Fsp3) is 0.263. The Morgan fingerprint density at radius 1 is 1.26 bits per heavy atom. The summed E-state index contributed by atoms with van der Waals surface area (Å²) in [5, 5.41) is 19.5. The topological polar surface area (TPSA) is 101 Å². The molecular weight excluding hydrogens is 368 g/mol. The Kier molecular flexibility index (Phi) is 5.75. The van der Waals surface area contributed by atoms with Crippen LogP contribution in [0.25, 0.3) is 0 Å². The summed E-state index contributed by atoms with van der Waals surface area (Å²) in [6.07, 6.45) is 0.336. The molecule has 2 aromatic rings. The fourth-order valence-electron chi connectivity index (χ4n) is 2.99. The van der Waals surface area contributed by atoms with E-state index >= 15 is 0 Å². The number of non-ortho nitro benzene ring substituents is 1. The Labute approximate surface area is 160 Å². The number of thioether (sulfide) groups is 1. The normalized spacial score (nSPS) is 16.5. The van der Waals surface area contributed by atoms with E-state index in [-0.39, 0.29) is 24.6 Å². The summed E-state index contributed by atoms with van der Waals surface area (Å²) in [6, 6.07) is 14.1. The van der Waals surface area contributed by atoms with Crippen molar-refractivity contribution in [2.45, 2.75) is 29.5 Å². The lowest BCUT2D eigenvalue weighted by molar-refractivity contribution is -0.385. The van der Waals surface area contributed by atoms with E-state index in [4.69, 9.17) is 5.11 Å². The number of fused-ring (bicyclic) bond motifs is 1. The summed E-state index contributed by atoms with van der Waals surface area (Å²) in [6.45, 7) is 0.646. The lowest BCUT2D eigenvalue weighted by Crippen LogP contribution is -2.38. The summed E-state index contributed by atoms with van der Waals surface area (Å²) in [5.41, 5.74) is 1.70. The lowest BCUT2D eigenvalue weighted by atomic mass is 10.1. The molecule has 1 atom stereocenters. The molecule has 0 saturated heterocycles. The largest absolute Gasteiger partial charge is 0.481 e. The van der Waals surface area contributed by atoms with Gasteiger partial charge in [-0.3, -0.25) is 19.7 Å². The van der Waals surface area contributed by atoms with Crippen molar-refractivity contribution in [1.82, 2.24) is 4.90 Å². The molecule has 0 radical (unpaired) electrons. The smallest absolute Gasteiger partial charge is 0.305 e. The van der Waals surface area contributed by atoms with Crippen LogP contribution in [0.5, 0.6) is 0 Å². The molecule has 1 unspecified atom stereocenters. The summed E-state index contributed by atoms with van der Waals surface area (Å²) in [4.78, 5) is 37.0. The number of nitro benzene ring substituents is 1. The second-order valence-corrected chi connectivity index (χ2v) is 7.49. The predicted molar refractivity (Wildman–Crippen MR) is 101 cm³/mol. The van der Waals surface area contributed by atoms with E-state index in [1.54, 1.807) is 11.0 Å². The molecule has 2 aromatic carbocycles. The zero-order chi connectivity index (χ0) is 19.4. The van der Waals surface area contributed by atoms with Crippen molar-refractivity contribution in [1.29, 1.82) is 0 Å². The number of aliphatic carboxylic acids is 1. The average molecular weight is 386 g/mol. The first-order valence-electron chi connectivity index (χ1n) is 8.42. The number of rotatable bonds is 6. The van der Waals surface area contributed by atoms with Gasteiger partial charge in [-0.1, -0.05) is 30.3 Å². The molecule has 0 spiro atoms. The second kappa shape index (κ2) is 8.22. The molecule has 1 aliphatic heterocycles. The van der Waals surface area contributed by atoms with Gasteiger partial charge >= 0.3 is 5.97 Å². The molecule has 27 heavy (non-hydrogen) atoms. The van der Waals surface area contributed by atoms with Gasteiger partial charge in [0.1, 0.15) is 0 Å². The van der Waals surface area contributed by atoms with E-state index in [0.717, 1.165) is 5.56 Å². The number of nitro groups is 1. The number of hydrogen-bond donors (Lipinski definition) is 1. The minimum atomic E-state index is -1.05. The molecule has 0 saturated carbocycles. The van der Waals surface area contributed by atoms with Gasteiger partial charge in [0, 0.05) is 30.1 Å². The number of nitrogens with zero attached hydrogens (tertiary/aromatic N) is 2. The van der Waals surface area contributed by atoms with Crippen molar-refractivity contribution in [3.8, 4) is 0 Å². The summed E-state index contributed by atoms with van der Waals surface area (Å²) >= 11 is 1.17. The zero-order valence-electron chi connectivity index (χ0n) is 14.4. The number of carboxylic acid groups (broad SMARTS) is 1. The van der Waals surface area contributed by atoms with Crippen LogP contribution < -0.4 is 0 Å². The highest BCUT2D eigenvalue weighted by molar-refractivity contribution is 8.00. The van der Waals surface area contributed by atoms with Gasteiger partial charge in [-0.2, -0.15) is 0 Å². The van der Waals surface area contributed by atoms with Crippen LogP contribution in [-0.2, 0) is 22.6 Å².